The third-order valence-electron chi connectivity index (χ3n) is 4.92. The summed E-state index contributed by atoms with van der Waals surface area (Å²) in [4.78, 5) is 26.5. The minimum atomic E-state index is -0.219. The molecule has 0 radical (unpaired) electrons. The molecule has 3 heterocycles. The molecule has 0 bridgehead atoms. The van der Waals surface area contributed by atoms with Gasteiger partial charge in [-0.3, -0.25) is 14.6 Å². The lowest BCUT2D eigenvalue weighted by Crippen LogP contribution is -2.40. The molecule has 0 saturated carbocycles. The molecule has 1 amide bonds. The van der Waals surface area contributed by atoms with Gasteiger partial charge in [-0.25, -0.2) is 0 Å². The van der Waals surface area contributed by atoms with Crippen molar-refractivity contribution in [2.24, 2.45) is 18.7 Å². The molecule has 4 rings (SSSR count). The van der Waals surface area contributed by atoms with Crippen molar-refractivity contribution in [3.63, 3.8) is 0 Å². The van der Waals surface area contributed by atoms with Crippen molar-refractivity contribution in [2.45, 2.75) is 18.9 Å². The molecule has 1 aromatic carbocycles. The number of benzene rings is 1. The molecule has 27 heavy (non-hydrogen) atoms. The van der Waals surface area contributed by atoms with E-state index in [0.29, 0.717) is 0 Å². The van der Waals surface area contributed by atoms with Crippen molar-refractivity contribution in [2.75, 3.05) is 6.54 Å². The van der Waals surface area contributed by atoms with Gasteiger partial charge in [0.15, 0.2) is 0 Å². The molecule has 1 fully saturated rings. The number of nitrogens with one attached hydrogen (secondary N) is 1. The number of pyridine rings is 2. The Morgan fingerprint density at radius 2 is 1.89 bits per heavy atom. The summed E-state index contributed by atoms with van der Waals surface area (Å²) in [5, 5.41) is 4.44. The van der Waals surface area contributed by atoms with E-state index in [1.54, 1.807) is 30.1 Å². The maximum absolute atomic E-state index is 11.3. The number of hydrogen-bond donors (Lipinski definition) is 2. The zero-order chi connectivity index (χ0) is 19.2. The molecular formula is C21H24N4O2. The highest BCUT2D eigenvalue weighted by atomic mass is 16.1. The molecular weight excluding hydrogens is 340 g/mol. The highest BCUT2D eigenvalue weighted by Crippen LogP contribution is 2.28. The summed E-state index contributed by atoms with van der Waals surface area (Å²) >= 11 is 0. The van der Waals surface area contributed by atoms with Crippen molar-refractivity contribution in [1.82, 2.24) is 14.9 Å². The standard InChI is InChI=1S/C11H15N3O.C10H9NO/c12-11(15)9-2-1-5-14-10(9)8-3-6-13-7-4-8;1-11-9-5-3-2-4-8(9)6-7-10(11)12/h3-4,6-7,9-10,14H,1-2,5H2,(H2,12,15);2-7H,1H3. The Morgan fingerprint density at radius 1 is 1.15 bits per heavy atom. The molecule has 2 aromatic heterocycles. The van der Waals surface area contributed by atoms with Crippen molar-refractivity contribution < 1.29 is 4.79 Å². The summed E-state index contributed by atoms with van der Waals surface area (Å²) in [6.07, 6.45) is 5.36. The van der Waals surface area contributed by atoms with Crippen LogP contribution in [-0.2, 0) is 11.8 Å². The number of carbonyl (C=O) groups is 1. The maximum Gasteiger partial charge on any atom is 0.250 e. The fraction of sp³-hybridized carbons (Fsp3) is 0.286. The van der Waals surface area contributed by atoms with Gasteiger partial charge in [-0.2, -0.15) is 0 Å². The van der Waals surface area contributed by atoms with E-state index in [-0.39, 0.29) is 23.4 Å². The van der Waals surface area contributed by atoms with Crippen LogP contribution in [0.15, 0.2) is 65.7 Å². The van der Waals surface area contributed by atoms with Gasteiger partial charge in [0.1, 0.15) is 0 Å². The lowest BCUT2D eigenvalue weighted by atomic mass is 9.86. The summed E-state index contributed by atoms with van der Waals surface area (Å²) in [6, 6.07) is 15.2. The number of hydrogen-bond acceptors (Lipinski definition) is 4. The summed E-state index contributed by atoms with van der Waals surface area (Å²) < 4.78 is 1.65. The molecule has 1 saturated heterocycles. The number of piperidine rings is 1. The predicted molar refractivity (Wildman–Crippen MR) is 106 cm³/mol. The Bertz CT molecular complexity index is 969. The molecule has 140 valence electrons. The maximum atomic E-state index is 11.3. The lowest BCUT2D eigenvalue weighted by Gasteiger charge is -2.30. The fourth-order valence-electron chi connectivity index (χ4n) is 3.44. The first-order valence-corrected chi connectivity index (χ1v) is 9.05. The van der Waals surface area contributed by atoms with Gasteiger partial charge in [0, 0.05) is 31.5 Å². The van der Waals surface area contributed by atoms with E-state index in [0.717, 1.165) is 35.9 Å². The Labute approximate surface area is 158 Å². The van der Waals surface area contributed by atoms with Crippen LogP contribution in [0.25, 0.3) is 10.9 Å². The molecule has 3 N–H and O–H groups in total. The number of carbonyl (C=O) groups excluding carboxylic acids is 1. The lowest BCUT2D eigenvalue weighted by molar-refractivity contribution is -0.123. The van der Waals surface area contributed by atoms with Gasteiger partial charge >= 0.3 is 0 Å². The monoisotopic (exact) mass is 364 g/mol. The Morgan fingerprint density at radius 3 is 2.63 bits per heavy atom. The number of aryl methyl sites for hydroxylation is 1. The van der Waals surface area contributed by atoms with Gasteiger partial charge in [-0.1, -0.05) is 18.2 Å². The van der Waals surface area contributed by atoms with E-state index < -0.39 is 0 Å². The van der Waals surface area contributed by atoms with E-state index in [2.05, 4.69) is 10.3 Å². The molecule has 1 aliphatic rings. The van der Waals surface area contributed by atoms with Gasteiger partial charge in [0.2, 0.25) is 5.91 Å². The van der Waals surface area contributed by atoms with Gasteiger partial charge in [-0.15, -0.1) is 0 Å². The second-order valence-electron chi connectivity index (χ2n) is 6.65. The molecule has 3 aromatic rings. The van der Waals surface area contributed by atoms with E-state index >= 15 is 0 Å². The van der Waals surface area contributed by atoms with Crippen molar-refractivity contribution in [1.29, 1.82) is 0 Å². The zero-order valence-electron chi connectivity index (χ0n) is 15.3. The average Bonchev–Trinajstić information content (AvgIpc) is 2.72. The van der Waals surface area contributed by atoms with Gasteiger partial charge in [-0.05, 0) is 54.6 Å². The number of aromatic nitrogens is 2. The van der Waals surface area contributed by atoms with Crippen molar-refractivity contribution in [3.8, 4) is 0 Å². The van der Waals surface area contributed by atoms with E-state index in [9.17, 15) is 9.59 Å². The molecule has 1 aliphatic heterocycles. The average molecular weight is 364 g/mol. The molecule has 2 atom stereocenters. The molecule has 2 unspecified atom stereocenters. The molecule has 6 heteroatoms. The quantitative estimate of drug-likeness (QED) is 0.729. The van der Waals surface area contributed by atoms with Crippen LogP contribution in [0.1, 0.15) is 24.4 Å². The molecule has 6 nitrogen and oxygen atoms in total. The molecule has 0 spiro atoms. The van der Waals surface area contributed by atoms with E-state index in [1.807, 2.05) is 42.5 Å². The fourth-order valence-corrected chi connectivity index (χ4v) is 3.44. The number of nitrogens with zero attached hydrogens (tertiary/aromatic N) is 2. The first-order valence-electron chi connectivity index (χ1n) is 9.05. The minimum Gasteiger partial charge on any atom is -0.369 e. The number of fused-ring (bicyclic) bond motifs is 1. The van der Waals surface area contributed by atoms with Crippen LogP contribution < -0.4 is 16.6 Å². The van der Waals surface area contributed by atoms with Crippen LogP contribution in [0.4, 0.5) is 0 Å². The van der Waals surface area contributed by atoms with Crippen LogP contribution in [0, 0.1) is 5.92 Å². The Kier molecular flexibility index (Phi) is 5.98. The number of primary amides is 1. The minimum absolute atomic E-state index is 0.0358. The summed E-state index contributed by atoms with van der Waals surface area (Å²) in [5.41, 5.74) is 7.50. The number of amides is 1. The number of rotatable bonds is 2. The van der Waals surface area contributed by atoms with E-state index in [4.69, 9.17) is 5.73 Å². The summed E-state index contributed by atoms with van der Waals surface area (Å²) in [5.74, 6) is -0.315. The second-order valence-corrected chi connectivity index (χ2v) is 6.65. The van der Waals surface area contributed by atoms with E-state index in [1.165, 1.54) is 0 Å². The van der Waals surface area contributed by atoms with Gasteiger partial charge in [0.05, 0.1) is 11.4 Å². The summed E-state index contributed by atoms with van der Waals surface area (Å²) in [6.45, 7) is 0.941. The second kappa shape index (κ2) is 8.60. The largest absolute Gasteiger partial charge is 0.369 e. The topological polar surface area (TPSA) is 90.0 Å². The smallest absolute Gasteiger partial charge is 0.250 e. The third-order valence-corrected chi connectivity index (χ3v) is 4.92. The highest BCUT2D eigenvalue weighted by Gasteiger charge is 2.29. The Hall–Kier alpha value is -2.99. The van der Waals surface area contributed by atoms with Gasteiger partial charge in [0.25, 0.3) is 5.56 Å². The van der Waals surface area contributed by atoms with Crippen LogP contribution in [-0.4, -0.2) is 22.0 Å². The van der Waals surface area contributed by atoms with Crippen LogP contribution in [0.2, 0.25) is 0 Å². The normalized spacial score (nSPS) is 19.1. The first kappa shape index (κ1) is 18.8. The highest BCUT2D eigenvalue weighted by molar-refractivity contribution is 5.78. The number of nitrogens with two attached hydrogens (primary N) is 1. The van der Waals surface area contributed by atoms with Crippen LogP contribution in [0.5, 0.6) is 0 Å². The third kappa shape index (κ3) is 4.41. The molecule has 0 aliphatic carbocycles. The van der Waals surface area contributed by atoms with Crippen LogP contribution >= 0.6 is 0 Å². The predicted octanol–water partition coefficient (Wildman–Crippen LogP) is 2.15. The zero-order valence-corrected chi connectivity index (χ0v) is 15.3. The SMILES string of the molecule is Cn1c(=O)ccc2ccccc21.NC(=O)C1CCCNC1c1ccncc1. The Balaban J connectivity index is 0.000000159. The number of para-hydroxylation sites is 1. The van der Waals surface area contributed by atoms with Crippen molar-refractivity contribution in [3.05, 3.63) is 76.8 Å². The van der Waals surface area contributed by atoms with Gasteiger partial charge < -0.3 is 15.6 Å². The summed E-state index contributed by atoms with van der Waals surface area (Å²) in [7, 11) is 1.78. The van der Waals surface area contributed by atoms with Crippen LogP contribution in [0.3, 0.4) is 0 Å². The van der Waals surface area contributed by atoms with Crippen molar-refractivity contribution >= 4 is 16.8 Å². The first-order chi connectivity index (χ1) is 13.1.